The average molecular weight is 393 g/mol. The van der Waals surface area contributed by atoms with Crippen molar-refractivity contribution in [3.05, 3.63) is 23.7 Å². The molecule has 3 aliphatic rings. The highest BCUT2D eigenvalue weighted by molar-refractivity contribution is 5.09. The van der Waals surface area contributed by atoms with Crippen LogP contribution in [0.5, 0.6) is 0 Å². The van der Waals surface area contributed by atoms with Gasteiger partial charge >= 0.3 is 0 Å². The summed E-state index contributed by atoms with van der Waals surface area (Å²) in [5, 5.41) is 0. The van der Waals surface area contributed by atoms with Crippen molar-refractivity contribution in [1.29, 1.82) is 0 Å². The standard InChI is InChI=1S/C22H36N2O4/c1-18(21-4-3-19(2)27-21)6-8-24-11-14-26-17-22(16-24)7-5-20(28-22)15-23-9-12-25-13-10-23/h3-4,18,20H,5-17H2,1-2H3/t18-,20+,22+/m0/s1. The van der Waals surface area contributed by atoms with Crippen molar-refractivity contribution in [3.63, 3.8) is 0 Å². The van der Waals surface area contributed by atoms with E-state index in [0.29, 0.717) is 12.0 Å². The summed E-state index contributed by atoms with van der Waals surface area (Å²) in [6, 6.07) is 4.17. The Morgan fingerprint density at radius 3 is 2.68 bits per heavy atom. The van der Waals surface area contributed by atoms with Gasteiger partial charge in [0.1, 0.15) is 17.1 Å². The molecule has 0 unspecified atom stereocenters. The number of ether oxygens (including phenoxy) is 3. The normalized spacial score (nSPS) is 31.3. The predicted molar refractivity (Wildman–Crippen MR) is 108 cm³/mol. The van der Waals surface area contributed by atoms with Crippen molar-refractivity contribution >= 4 is 0 Å². The zero-order valence-corrected chi connectivity index (χ0v) is 17.5. The van der Waals surface area contributed by atoms with Crippen LogP contribution in [0.2, 0.25) is 0 Å². The molecule has 3 atom stereocenters. The molecule has 0 amide bonds. The molecule has 0 N–H and O–H groups in total. The highest BCUT2D eigenvalue weighted by atomic mass is 16.6. The average Bonchev–Trinajstić information content (AvgIpc) is 3.24. The highest BCUT2D eigenvalue weighted by Gasteiger charge is 2.43. The molecule has 158 valence electrons. The van der Waals surface area contributed by atoms with Gasteiger partial charge in [0.2, 0.25) is 0 Å². The maximum atomic E-state index is 6.63. The van der Waals surface area contributed by atoms with E-state index < -0.39 is 0 Å². The smallest absolute Gasteiger partial charge is 0.107 e. The fourth-order valence-electron chi connectivity index (χ4n) is 4.73. The molecule has 0 saturated carbocycles. The summed E-state index contributed by atoms with van der Waals surface area (Å²) < 4.78 is 23.9. The topological polar surface area (TPSA) is 47.3 Å². The number of furan rings is 1. The van der Waals surface area contributed by atoms with E-state index >= 15 is 0 Å². The predicted octanol–water partition coefficient (Wildman–Crippen LogP) is 2.66. The molecule has 4 rings (SSSR count). The molecule has 0 aliphatic carbocycles. The van der Waals surface area contributed by atoms with E-state index in [4.69, 9.17) is 18.6 Å². The molecule has 0 aromatic carbocycles. The fraction of sp³-hybridized carbons (Fsp3) is 0.818. The lowest BCUT2D eigenvalue weighted by Crippen LogP contribution is -2.46. The van der Waals surface area contributed by atoms with Crippen LogP contribution in [0.3, 0.4) is 0 Å². The van der Waals surface area contributed by atoms with Gasteiger partial charge in [0.15, 0.2) is 0 Å². The maximum absolute atomic E-state index is 6.63. The number of rotatable bonds is 6. The van der Waals surface area contributed by atoms with Crippen molar-refractivity contribution < 1.29 is 18.6 Å². The molecule has 1 aromatic rings. The SMILES string of the molecule is Cc1ccc([C@@H](C)CCN2CCOC[C@@]3(CC[C@H](CN4CCOCC4)O3)C2)o1. The third kappa shape index (κ3) is 5.16. The van der Waals surface area contributed by atoms with Crippen LogP contribution in [-0.4, -0.2) is 87.2 Å². The molecule has 1 spiro atoms. The first kappa shape index (κ1) is 20.4. The molecule has 3 fully saturated rings. The van der Waals surface area contributed by atoms with Gasteiger partial charge in [-0.05, 0) is 44.9 Å². The summed E-state index contributed by atoms with van der Waals surface area (Å²) in [7, 11) is 0. The second-order valence-corrected chi connectivity index (χ2v) is 8.84. The minimum Gasteiger partial charge on any atom is -0.466 e. The number of hydrogen-bond donors (Lipinski definition) is 0. The van der Waals surface area contributed by atoms with E-state index in [2.05, 4.69) is 28.9 Å². The van der Waals surface area contributed by atoms with Gasteiger partial charge in [-0.3, -0.25) is 9.80 Å². The third-order valence-corrected chi connectivity index (χ3v) is 6.46. The van der Waals surface area contributed by atoms with Gasteiger partial charge in [-0.1, -0.05) is 6.92 Å². The van der Waals surface area contributed by atoms with E-state index in [9.17, 15) is 0 Å². The quantitative estimate of drug-likeness (QED) is 0.742. The Kier molecular flexibility index (Phi) is 6.74. The number of nitrogens with zero attached hydrogens (tertiary/aromatic N) is 2. The second-order valence-electron chi connectivity index (χ2n) is 8.84. The Labute approximate surface area is 169 Å². The van der Waals surface area contributed by atoms with Gasteiger partial charge in [-0.2, -0.15) is 0 Å². The van der Waals surface area contributed by atoms with E-state index in [1.54, 1.807) is 0 Å². The Balaban J connectivity index is 1.28. The summed E-state index contributed by atoms with van der Waals surface area (Å²) in [6.07, 6.45) is 3.66. The third-order valence-electron chi connectivity index (χ3n) is 6.46. The van der Waals surface area contributed by atoms with Gasteiger partial charge < -0.3 is 18.6 Å². The minimum absolute atomic E-state index is 0.127. The summed E-state index contributed by atoms with van der Waals surface area (Å²) in [5.41, 5.74) is -0.127. The molecule has 3 saturated heterocycles. The molecule has 0 bridgehead atoms. The largest absolute Gasteiger partial charge is 0.466 e. The van der Waals surface area contributed by atoms with Crippen molar-refractivity contribution in [2.75, 3.05) is 65.7 Å². The first-order valence-corrected chi connectivity index (χ1v) is 11.0. The molecule has 0 radical (unpaired) electrons. The summed E-state index contributed by atoms with van der Waals surface area (Å²) in [4.78, 5) is 5.02. The molecular formula is C22H36N2O4. The van der Waals surface area contributed by atoms with Crippen LogP contribution >= 0.6 is 0 Å². The lowest BCUT2D eigenvalue weighted by atomic mass is 9.99. The van der Waals surface area contributed by atoms with Crippen LogP contribution < -0.4 is 0 Å². The Morgan fingerprint density at radius 1 is 1.11 bits per heavy atom. The van der Waals surface area contributed by atoms with Gasteiger partial charge in [0.05, 0.1) is 32.5 Å². The Hall–Kier alpha value is -0.920. The van der Waals surface area contributed by atoms with E-state index in [-0.39, 0.29) is 5.60 Å². The summed E-state index contributed by atoms with van der Waals surface area (Å²) in [6.45, 7) is 13.6. The molecular weight excluding hydrogens is 356 g/mol. The summed E-state index contributed by atoms with van der Waals surface area (Å²) in [5.74, 6) is 2.53. The lowest BCUT2D eigenvalue weighted by Gasteiger charge is -2.34. The minimum atomic E-state index is -0.127. The molecule has 4 heterocycles. The lowest BCUT2D eigenvalue weighted by molar-refractivity contribution is -0.0963. The molecule has 1 aromatic heterocycles. The van der Waals surface area contributed by atoms with Crippen LogP contribution in [-0.2, 0) is 14.2 Å². The number of hydrogen-bond acceptors (Lipinski definition) is 6. The zero-order chi connectivity index (χ0) is 19.4. The monoisotopic (exact) mass is 392 g/mol. The van der Waals surface area contributed by atoms with Crippen molar-refractivity contribution in [3.8, 4) is 0 Å². The van der Waals surface area contributed by atoms with E-state index in [1.165, 1.54) is 0 Å². The van der Waals surface area contributed by atoms with E-state index in [1.807, 2.05) is 6.92 Å². The van der Waals surface area contributed by atoms with Crippen LogP contribution in [0.25, 0.3) is 0 Å². The molecule has 6 nitrogen and oxygen atoms in total. The first-order valence-electron chi connectivity index (χ1n) is 11.0. The van der Waals surface area contributed by atoms with Crippen LogP contribution in [0.4, 0.5) is 0 Å². The number of aryl methyl sites for hydroxylation is 1. The fourth-order valence-corrected chi connectivity index (χ4v) is 4.73. The number of morpholine rings is 1. The van der Waals surface area contributed by atoms with Gasteiger partial charge in [-0.25, -0.2) is 0 Å². The highest BCUT2D eigenvalue weighted by Crippen LogP contribution is 2.34. The van der Waals surface area contributed by atoms with Gasteiger partial charge in [-0.15, -0.1) is 0 Å². The second kappa shape index (κ2) is 9.26. The molecule has 28 heavy (non-hydrogen) atoms. The van der Waals surface area contributed by atoms with Gasteiger partial charge in [0.25, 0.3) is 0 Å². The molecule has 6 heteroatoms. The first-order chi connectivity index (χ1) is 13.6. The Morgan fingerprint density at radius 2 is 1.89 bits per heavy atom. The maximum Gasteiger partial charge on any atom is 0.107 e. The van der Waals surface area contributed by atoms with Gasteiger partial charge in [0, 0.05) is 38.6 Å². The van der Waals surface area contributed by atoms with Crippen molar-refractivity contribution in [1.82, 2.24) is 9.80 Å². The molecule has 3 aliphatic heterocycles. The zero-order valence-electron chi connectivity index (χ0n) is 17.5. The Bertz CT molecular complexity index is 615. The van der Waals surface area contributed by atoms with Crippen LogP contribution in [0.1, 0.15) is 43.6 Å². The summed E-state index contributed by atoms with van der Waals surface area (Å²) >= 11 is 0. The van der Waals surface area contributed by atoms with E-state index in [0.717, 1.165) is 96.5 Å². The van der Waals surface area contributed by atoms with Crippen LogP contribution in [0.15, 0.2) is 16.5 Å². The van der Waals surface area contributed by atoms with Crippen molar-refractivity contribution in [2.24, 2.45) is 0 Å². The van der Waals surface area contributed by atoms with Crippen LogP contribution in [0, 0.1) is 6.92 Å². The van der Waals surface area contributed by atoms with Crippen molar-refractivity contribution in [2.45, 2.75) is 50.7 Å².